The molecule has 0 atom stereocenters. The van der Waals surface area contributed by atoms with Gasteiger partial charge < -0.3 is 15.8 Å². The molecule has 1 rings (SSSR count). The standard InChI is InChI=1S/C10H9F3N2O3/c11-10(12,13)18-7-3-1-6(2-4-7)15-9(17)5-8(14)16/h1-4H,5H2,(H2,14,16)(H,15,17). The highest BCUT2D eigenvalue weighted by Gasteiger charge is 2.30. The summed E-state index contributed by atoms with van der Waals surface area (Å²) in [5, 5.41) is 2.29. The van der Waals surface area contributed by atoms with E-state index < -0.39 is 30.3 Å². The van der Waals surface area contributed by atoms with E-state index in [2.05, 4.69) is 10.1 Å². The topological polar surface area (TPSA) is 81.4 Å². The maximum atomic E-state index is 11.9. The summed E-state index contributed by atoms with van der Waals surface area (Å²) in [6.45, 7) is 0. The molecular formula is C10H9F3N2O3. The predicted octanol–water partition coefficient (Wildman–Crippen LogP) is 1.40. The minimum Gasteiger partial charge on any atom is -0.406 e. The summed E-state index contributed by atoms with van der Waals surface area (Å²) in [5.41, 5.74) is 5.03. The second-order valence-corrected chi connectivity index (χ2v) is 3.26. The molecular weight excluding hydrogens is 253 g/mol. The molecule has 0 aromatic heterocycles. The SMILES string of the molecule is NC(=O)CC(=O)Nc1ccc(OC(F)(F)F)cc1. The number of alkyl halides is 3. The second-order valence-electron chi connectivity index (χ2n) is 3.26. The number of hydrogen-bond acceptors (Lipinski definition) is 3. The first-order valence-electron chi connectivity index (χ1n) is 4.70. The number of carbonyl (C=O) groups is 2. The number of carbonyl (C=O) groups excluding carboxylic acids is 2. The van der Waals surface area contributed by atoms with E-state index in [9.17, 15) is 22.8 Å². The van der Waals surface area contributed by atoms with Gasteiger partial charge in [0.15, 0.2) is 0 Å². The van der Waals surface area contributed by atoms with Gasteiger partial charge in [0, 0.05) is 5.69 Å². The lowest BCUT2D eigenvalue weighted by molar-refractivity contribution is -0.274. The first-order chi connectivity index (χ1) is 8.26. The number of amides is 2. The van der Waals surface area contributed by atoms with Crippen LogP contribution in [0.2, 0.25) is 0 Å². The minimum absolute atomic E-state index is 0.232. The van der Waals surface area contributed by atoms with E-state index in [1.165, 1.54) is 12.1 Å². The number of nitrogens with one attached hydrogen (secondary N) is 1. The van der Waals surface area contributed by atoms with Crippen LogP contribution in [0.1, 0.15) is 6.42 Å². The van der Waals surface area contributed by atoms with Crippen LogP contribution in [0.5, 0.6) is 5.75 Å². The smallest absolute Gasteiger partial charge is 0.406 e. The van der Waals surface area contributed by atoms with Gasteiger partial charge in [-0.1, -0.05) is 0 Å². The average molecular weight is 262 g/mol. The zero-order chi connectivity index (χ0) is 13.8. The van der Waals surface area contributed by atoms with Crippen molar-refractivity contribution < 1.29 is 27.5 Å². The Bertz CT molecular complexity index is 443. The van der Waals surface area contributed by atoms with Crippen LogP contribution < -0.4 is 15.8 Å². The van der Waals surface area contributed by atoms with Crippen molar-refractivity contribution in [3.8, 4) is 5.75 Å². The lowest BCUT2D eigenvalue weighted by atomic mass is 10.3. The molecule has 0 heterocycles. The summed E-state index contributed by atoms with van der Waals surface area (Å²) in [6, 6.07) is 4.49. The molecule has 0 bridgehead atoms. The minimum atomic E-state index is -4.77. The molecule has 1 aromatic rings. The van der Waals surface area contributed by atoms with Gasteiger partial charge in [0.25, 0.3) is 0 Å². The number of benzene rings is 1. The maximum Gasteiger partial charge on any atom is 0.573 e. The molecule has 18 heavy (non-hydrogen) atoms. The average Bonchev–Trinajstić information content (AvgIpc) is 2.17. The molecule has 0 saturated carbocycles. The maximum absolute atomic E-state index is 11.9. The Kier molecular flexibility index (Phi) is 4.13. The highest BCUT2D eigenvalue weighted by atomic mass is 19.4. The van der Waals surface area contributed by atoms with Gasteiger partial charge in [-0.15, -0.1) is 13.2 Å². The van der Waals surface area contributed by atoms with Gasteiger partial charge in [-0.05, 0) is 24.3 Å². The van der Waals surface area contributed by atoms with Crippen molar-refractivity contribution in [2.75, 3.05) is 5.32 Å². The number of hydrogen-bond donors (Lipinski definition) is 2. The Hall–Kier alpha value is -2.25. The van der Waals surface area contributed by atoms with Gasteiger partial charge in [-0.2, -0.15) is 0 Å². The van der Waals surface area contributed by atoms with Crippen molar-refractivity contribution in [2.24, 2.45) is 5.73 Å². The molecule has 0 aliphatic carbocycles. The molecule has 0 spiro atoms. The summed E-state index contributed by atoms with van der Waals surface area (Å²) in [6.07, 6.45) is -5.27. The molecule has 2 amide bonds. The fourth-order valence-corrected chi connectivity index (χ4v) is 1.10. The molecule has 98 valence electrons. The van der Waals surface area contributed by atoms with Gasteiger partial charge in [0.2, 0.25) is 11.8 Å². The molecule has 0 aliphatic heterocycles. The Morgan fingerprint density at radius 3 is 2.22 bits per heavy atom. The third-order valence-corrected chi connectivity index (χ3v) is 1.71. The molecule has 8 heteroatoms. The van der Waals surface area contributed by atoms with Crippen LogP contribution in [0.3, 0.4) is 0 Å². The fourth-order valence-electron chi connectivity index (χ4n) is 1.10. The Morgan fingerprint density at radius 2 is 1.78 bits per heavy atom. The molecule has 0 fully saturated rings. The number of halogens is 3. The quantitative estimate of drug-likeness (QED) is 0.805. The van der Waals surface area contributed by atoms with Gasteiger partial charge in [-0.3, -0.25) is 9.59 Å². The van der Waals surface area contributed by atoms with E-state index in [1.807, 2.05) is 0 Å². The summed E-state index contributed by atoms with van der Waals surface area (Å²) >= 11 is 0. The molecule has 0 aliphatic rings. The molecule has 0 radical (unpaired) electrons. The third-order valence-electron chi connectivity index (χ3n) is 1.71. The normalized spacial score (nSPS) is 10.8. The van der Waals surface area contributed by atoms with E-state index in [-0.39, 0.29) is 5.69 Å². The van der Waals surface area contributed by atoms with Crippen molar-refractivity contribution in [3.63, 3.8) is 0 Å². The highest BCUT2D eigenvalue weighted by Crippen LogP contribution is 2.23. The van der Waals surface area contributed by atoms with Crippen molar-refractivity contribution in [2.45, 2.75) is 12.8 Å². The van der Waals surface area contributed by atoms with Crippen LogP contribution in [0.15, 0.2) is 24.3 Å². The number of primary amides is 1. The Balaban J connectivity index is 2.60. The predicted molar refractivity (Wildman–Crippen MR) is 55.6 cm³/mol. The number of rotatable bonds is 4. The van der Waals surface area contributed by atoms with Crippen molar-refractivity contribution in [1.82, 2.24) is 0 Å². The summed E-state index contributed by atoms with van der Waals surface area (Å²) in [5.74, 6) is -1.85. The van der Waals surface area contributed by atoms with Gasteiger partial charge >= 0.3 is 6.36 Å². The zero-order valence-electron chi connectivity index (χ0n) is 8.95. The van der Waals surface area contributed by atoms with Crippen LogP contribution in [0, 0.1) is 0 Å². The fraction of sp³-hybridized carbons (Fsp3) is 0.200. The van der Waals surface area contributed by atoms with E-state index in [1.54, 1.807) is 0 Å². The molecule has 3 N–H and O–H groups in total. The van der Waals surface area contributed by atoms with Gasteiger partial charge in [0.1, 0.15) is 12.2 Å². The summed E-state index contributed by atoms with van der Waals surface area (Å²) in [4.78, 5) is 21.5. The largest absolute Gasteiger partial charge is 0.573 e. The van der Waals surface area contributed by atoms with E-state index in [0.29, 0.717) is 0 Å². The Labute approximate surface area is 99.7 Å². The molecule has 1 aromatic carbocycles. The summed E-state index contributed by atoms with van der Waals surface area (Å²) in [7, 11) is 0. The Morgan fingerprint density at radius 1 is 1.22 bits per heavy atom. The van der Waals surface area contributed by atoms with E-state index in [4.69, 9.17) is 5.73 Å². The van der Waals surface area contributed by atoms with Crippen LogP contribution in [-0.2, 0) is 9.59 Å². The van der Waals surface area contributed by atoms with Crippen molar-refractivity contribution >= 4 is 17.5 Å². The first-order valence-corrected chi connectivity index (χ1v) is 4.70. The van der Waals surface area contributed by atoms with Crippen LogP contribution in [0.4, 0.5) is 18.9 Å². The van der Waals surface area contributed by atoms with Gasteiger partial charge in [-0.25, -0.2) is 0 Å². The lowest BCUT2D eigenvalue weighted by Gasteiger charge is -2.09. The van der Waals surface area contributed by atoms with E-state index in [0.717, 1.165) is 12.1 Å². The monoisotopic (exact) mass is 262 g/mol. The summed E-state index contributed by atoms with van der Waals surface area (Å²) < 4.78 is 39.2. The van der Waals surface area contributed by atoms with Gasteiger partial charge in [0.05, 0.1) is 0 Å². The van der Waals surface area contributed by atoms with Crippen LogP contribution >= 0.6 is 0 Å². The number of anilines is 1. The number of ether oxygens (including phenoxy) is 1. The first kappa shape index (κ1) is 13.8. The zero-order valence-corrected chi connectivity index (χ0v) is 8.95. The molecule has 0 saturated heterocycles. The van der Waals surface area contributed by atoms with E-state index >= 15 is 0 Å². The van der Waals surface area contributed by atoms with Crippen molar-refractivity contribution in [3.05, 3.63) is 24.3 Å². The second kappa shape index (κ2) is 5.39. The molecule has 5 nitrogen and oxygen atoms in total. The van der Waals surface area contributed by atoms with Crippen LogP contribution in [-0.4, -0.2) is 18.2 Å². The van der Waals surface area contributed by atoms with Crippen molar-refractivity contribution in [1.29, 1.82) is 0 Å². The van der Waals surface area contributed by atoms with Crippen LogP contribution in [0.25, 0.3) is 0 Å². The lowest BCUT2D eigenvalue weighted by Crippen LogP contribution is -2.21. The highest BCUT2D eigenvalue weighted by molar-refractivity contribution is 6.03. The number of nitrogens with two attached hydrogens (primary N) is 1. The third kappa shape index (κ3) is 5.19. The molecule has 0 unspecified atom stereocenters.